The van der Waals surface area contributed by atoms with Crippen molar-refractivity contribution in [2.45, 2.75) is 51.7 Å². The fourth-order valence-corrected chi connectivity index (χ4v) is 3.21. The normalized spacial score (nSPS) is 20.8. The first-order valence-electron chi connectivity index (χ1n) is 7.54. The SMILES string of the molecule is COc1ccc2c(c1)C(NCC(C)(O)CC(C)C)CC2. The van der Waals surface area contributed by atoms with Crippen LogP contribution in [0.5, 0.6) is 5.75 Å². The van der Waals surface area contributed by atoms with Crippen LogP contribution in [-0.2, 0) is 6.42 Å². The molecule has 1 aromatic carbocycles. The minimum absolute atomic E-state index is 0.332. The molecule has 3 nitrogen and oxygen atoms in total. The largest absolute Gasteiger partial charge is 0.497 e. The predicted octanol–water partition coefficient (Wildman–Crippen LogP) is 3.07. The molecule has 1 aliphatic carbocycles. The number of nitrogens with one attached hydrogen (secondary N) is 1. The number of fused-ring (bicyclic) bond motifs is 1. The molecule has 1 aliphatic rings. The van der Waals surface area contributed by atoms with Crippen LogP contribution in [0.1, 0.15) is 50.8 Å². The summed E-state index contributed by atoms with van der Waals surface area (Å²) in [5.41, 5.74) is 2.08. The van der Waals surface area contributed by atoms with Gasteiger partial charge in [0.2, 0.25) is 0 Å². The van der Waals surface area contributed by atoms with Gasteiger partial charge in [-0.05, 0) is 55.4 Å². The van der Waals surface area contributed by atoms with Gasteiger partial charge in [-0.15, -0.1) is 0 Å². The van der Waals surface area contributed by atoms with Crippen molar-refractivity contribution in [2.24, 2.45) is 5.92 Å². The Morgan fingerprint density at radius 2 is 2.20 bits per heavy atom. The second kappa shape index (κ2) is 6.15. The lowest BCUT2D eigenvalue weighted by molar-refractivity contribution is 0.0359. The summed E-state index contributed by atoms with van der Waals surface area (Å²) in [7, 11) is 1.70. The first-order chi connectivity index (χ1) is 9.41. The Morgan fingerprint density at radius 1 is 1.45 bits per heavy atom. The molecule has 2 N–H and O–H groups in total. The van der Waals surface area contributed by atoms with Gasteiger partial charge in [-0.25, -0.2) is 0 Å². The molecule has 2 rings (SSSR count). The van der Waals surface area contributed by atoms with E-state index in [1.54, 1.807) is 7.11 Å². The number of aryl methyl sites for hydroxylation is 1. The molecule has 0 spiro atoms. The summed E-state index contributed by atoms with van der Waals surface area (Å²) in [6.45, 7) is 6.84. The van der Waals surface area contributed by atoms with Gasteiger partial charge in [0.05, 0.1) is 12.7 Å². The first-order valence-corrected chi connectivity index (χ1v) is 7.54. The van der Waals surface area contributed by atoms with Crippen LogP contribution in [0, 0.1) is 5.92 Å². The molecule has 1 aromatic rings. The van der Waals surface area contributed by atoms with Gasteiger partial charge in [0, 0.05) is 12.6 Å². The Hall–Kier alpha value is -1.06. The maximum absolute atomic E-state index is 10.4. The number of rotatable bonds is 6. The molecule has 0 bridgehead atoms. The number of hydrogen-bond acceptors (Lipinski definition) is 3. The molecule has 0 heterocycles. The van der Waals surface area contributed by atoms with Gasteiger partial charge in [-0.2, -0.15) is 0 Å². The molecular weight excluding hydrogens is 250 g/mol. The lowest BCUT2D eigenvalue weighted by Crippen LogP contribution is -2.40. The number of hydrogen-bond donors (Lipinski definition) is 2. The fraction of sp³-hybridized carbons (Fsp3) is 0.647. The fourth-order valence-electron chi connectivity index (χ4n) is 3.21. The highest BCUT2D eigenvalue weighted by Gasteiger charge is 2.27. The number of methoxy groups -OCH3 is 1. The number of ether oxygens (including phenoxy) is 1. The van der Waals surface area contributed by atoms with Crippen molar-refractivity contribution in [3.8, 4) is 5.75 Å². The standard InChI is InChI=1S/C17H27NO2/c1-12(2)10-17(3,19)11-18-16-8-6-13-5-7-14(20-4)9-15(13)16/h5,7,9,12,16,18-19H,6,8,10-11H2,1-4H3. The van der Waals surface area contributed by atoms with Crippen molar-refractivity contribution in [2.75, 3.05) is 13.7 Å². The molecule has 0 amide bonds. The second-order valence-electron chi connectivity index (χ2n) is 6.63. The maximum Gasteiger partial charge on any atom is 0.119 e. The molecule has 0 saturated heterocycles. The van der Waals surface area contributed by atoms with Crippen LogP contribution in [0.3, 0.4) is 0 Å². The lowest BCUT2D eigenvalue weighted by atomic mass is 9.94. The van der Waals surface area contributed by atoms with E-state index in [2.05, 4.69) is 31.3 Å². The average molecular weight is 277 g/mol. The summed E-state index contributed by atoms with van der Waals surface area (Å²) in [6.07, 6.45) is 3.02. The summed E-state index contributed by atoms with van der Waals surface area (Å²) in [5.74, 6) is 1.41. The van der Waals surface area contributed by atoms with Crippen molar-refractivity contribution >= 4 is 0 Å². The zero-order valence-corrected chi connectivity index (χ0v) is 13.1. The van der Waals surface area contributed by atoms with E-state index in [9.17, 15) is 5.11 Å². The third kappa shape index (κ3) is 3.74. The monoisotopic (exact) mass is 277 g/mol. The molecule has 0 saturated carbocycles. The summed E-state index contributed by atoms with van der Waals surface area (Å²) in [5, 5.41) is 13.9. The third-order valence-corrected chi connectivity index (χ3v) is 4.01. The summed E-state index contributed by atoms with van der Waals surface area (Å²) < 4.78 is 5.31. The topological polar surface area (TPSA) is 41.5 Å². The van der Waals surface area contributed by atoms with Gasteiger partial charge >= 0.3 is 0 Å². The minimum atomic E-state index is -0.643. The van der Waals surface area contributed by atoms with Crippen LogP contribution in [0.25, 0.3) is 0 Å². The second-order valence-corrected chi connectivity index (χ2v) is 6.63. The van der Waals surface area contributed by atoms with Gasteiger partial charge in [-0.1, -0.05) is 19.9 Å². The molecule has 112 valence electrons. The molecule has 20 heavy (non-hydrogen) atoms. The highest BCUT2D eigenvalue weighted by Crippen LogP contribution is 2.34. The third-order valence-electron chi connectivity index (χ3n) is 4.01. The molecule has 2 atom stereocenters. The van der Waals surface area contributed by atoms with Crippen LogP contribution in [-0.4, -0.2) is 24.4 Å². The van der Waals surface area contributed by atoms with E-state index in [1.807, 2.05) is 13.0 Å². The van der Waals surface area contributed by atoms with Crippen molar-refractivity contribution in [1.82, 2.24) is 5.32 Å². The van der Waals surface area contributed by atoms with Crippen LogP contribution in [0.4, 0.5) is 0 Å². The van der Waals surface area contributed by atoms with E-state index in [4.69, 9.17) is 4.74 Å². The van der Waals surface area contributed by atoms with Crippen molar-refractivity contribution in [3.63, 3.8) is 0 Å². The van der Waals surface area contributed by atoms with Crippen molar-refractivity contribution in [1.29, 1.82) is 0 Å². The van der Waals surface area contributed by atoms with Crippen LogP contribution in [0.15, 0.2) is 18.2 Å². The van der Waals surface area contributed by atoms with E-state index < -0.39 is 5.60 Å². The molecule has 0 aromatic heterocycles. The van der Waals surface area contributed by atoms with Gasteiger partial charge in [0.15, 0.2) is 0 Å². The Bertz CT molecular complexity index is 454. The van der Waals surface area contributed by atoms with Gasteiger partial charge in [0.1, 0.15) is 5.75 Å². The zero-order chi connectivity index (χ0) is 14.8. The molecule has 0 fully saturated rings. The van der Waals surface area contributed by atoms with Crippen molar-refractivity contribution < 1.29 is 9.84 Å². The summed E-state index contributed by atoms with van der Waals surface area (Å²) >= 11 is 0. The van der Waals surface area contributed by atoms with E-state index in [0.717, 1.165) is 25.0 Å². The minimum Gasteiger partial charge on any atom is -0.497 e. The summed E-state index contributed by atoms with van der Waals surface area (Å²) in [4.78, 5) is 0. The zero-order valence-electron chi connectivity index (χ0n) is 13.1. The molecule has 0 aliphatic heterocycles. The highest BCUT2D eigenvalue weighted by atomic mass is 16.5. The number of aliphatic hydroxyl groups is 1. The van der Waals surface area contributed by atoms with E-state index in [0.29, 0.717) is 18.5 Å². The van der Waals surface area contributed by atoms with Crippen molar-refractivity contribution in [3.05, 3.63) is 29.3 Å². The smallest absolute Gasteiger partial charge is 0.119 e. The Morgan fingerprint density at radius 3 is 2.85 bits per heavy atom. The molecule has 2 unspecified atom stereocenters. The van der Waals surface area contributed by atoms with Gasteiger partial charge in [-0.3, -0.25) is 0 Å². The molecule has 3 heteroatoms. The Labute approximate surface area is 122 Å². The quantitative estimate of drug-likeness (QED) is 0.839. The van der Waals surface area contributed by atoms with Crippen LogP contribution in [0.2, 0.25) is 0 Å². The van der Waals surface area contributed by atoms with E-state index in [1.165, 1.54) is 11.1 Å². The maximum atomic E-state index is 10.4. The Kier molecular flexibility index (Phi) is 4.71. The van der Waals surface area contributed by atoms with Gasteiger partial charge < -0.3 is 15.2 Å². The molecule has 0 radical (unpaired) electrons. The predicted molar refractivity (Wildman–Crippen MR) is 82.1 cm³/mol. The van der Waals surface area contributed by atoms with Gasteiger partial charge in [0.25, 0.3) is 0 Å². The van der Waals surface area contributed by atoms with Crippen LogP contribution < -0.4 is 10.1 Å². The molecular formula is C17H27NO2. The average Bonchev–Trinajstić information content (AvgIpc) is 2.77. The Balaban J connectivity index is 2.00. The summed E-state index contributed by atoms with van der Waals surface area (Å²) in [6, 6.07) is 6.63. The highest BCUT2D eigenvalue weighted by molar-refractivity contribution is 5.40. The number of benzene rings is 1. The lowest BCUT2D eigenvalue weighted by Gasteiger charge is -2.28. The van der Waals surface area contributed by atoms with Crippen LogP contribution >= 0.6 is 0 Å². The van der Waals surface area contributed by atoms with E-state index in [-0.39, 0.29) is 0 Å². The first kappa shape index (κ1) is 15.3. The van der Waals surface area contributed by atoms with E-state index >= 15 is 0 Å².